The lowest BCUT2D eigenvalue weighted by Gasteiger charge is -2.09. The molecule has 0 aromatic carbocycles. The van der Waals surface area contributed by atoms with Gasteiger partial charge in [0.25, 0.3) is 0 Å². The first-order chi connectivity index (χ1) is 7.24. The highest BCUT2D eigenvalue weighted by atomic mass is 32.1. The predicted octanol–water partition coefficient (Wildman–Crippen LogP) is 1.53. The molecule has 0 saturated heterocycles. The minimum Gasteiger partial charge on any atom is -0.382 e. The van der Waals surface area contributed by atoms with Gasteiger partial charge in [0.2, 0.25) is 0 Å². The molecule has 0 amide bonds. The quantitative estimate of drug-likeness (QED) is 0.513. The van der Waals surface area contributed by atoms with Gasteiger partial charge < -0.3 is 15.4 Å². The summed E-state index contributed by atoms with van der Waals surface area (Å²) in [5.41, 5.74) is 0. The van der Waals surface area contributed by atoms with Crippen molar-refractivity contribution in [1.29, 1.82) is 0 Å². The molecule has 0 heterocycles. The van der Waals surface area contributed by atoms with Gasteiger partial charge in [0.15, 0.2) is 5.11 Å². The van der Waals surface area contributed by atoms with E-state index >= 15 is 0 Å². The highest BCUT2D eigenvalue weighted by Gasteiger charge is 2.31. The standard InChI is InChI=1S/C11H22N2OS/c1-3-14-6-4-5-12-11(15)13-8-10-7-9(10)2/h9-10H,3-8H2,1-2H3,(H2,12,13,15). The number of ether oxygens (including phenoxy) is 1. The van der Waals surface area contributed by atoms with Crippen LogP contribution in [0, 0.1) is 11.8 Å². The zero-order valence-corrected chi connectivity index (χ0v) is 10.5. The van der Waals surface area contributed by atoms with Crippen LogP contribution in [0.4, 0.5) is 0 Å². The van der Waals surface area contributed by atoms with Crippen molar-refractivity contribution >= 4 is 17.3 Å². The van der Waals surface area contributed by atoms with Crippen LogP contribution >= 0.6 is 12.2 Å². The molecule has 0 aromatic rings. The van der Waals surface area contributed by atoms with Gasteiger partial charge in [0.1, 0.15) is 0 Å². The van der Waals surface area contributed by atoms with E-state index in [1.54, 1.807) is 0 Å². The molecule has 0 bridgehead atoms. The minimum atomic E-state index is 0.783. The lowest BCUT2D eigenvalue weighted by molar-refractivity contribution is 0.145. The van der Waals surface area contributed by atoms with Gasteiger partial charge >= 0.3 is 0 Å². The van der Waals surface area contributed by atoms with Crippen molar-refractivity contribution in [1.82, 2.24) is 10.6 Å². The predicted molar refractivity (Wildman–Crippen MR) is 67.0 cm³/mol. The van der Waals surface area contributed by atoms with Crippen LogP contribution in [0.5, 0.6) is 0 Å². The lowest BCUT2D eigenvalue weighted by atomic mass is 10.3. The summed E-state index contributed by atoms with van der Waals surface area (Å²) in [6.07, 6.45) is 2.36. The molecule has 0 spiro atoms. The molecule has 2 atom stereocenters. The molecule has 2 unspecified atom stereocenters. The van der Waals surface area contributed by atoms with Crippen LogP contribution in [0.2, 0.25) is 0 Å². The number of nitrogens with one attached hydrogen (secondary N) is 2. The fourth-order valence-electron chi connectivity index (χ4n) is 1.49. The molecule has 3 nitrogen and oxygen atoms in total. The summed E-state index contributed by atoms with van der Waals surface area (Å²) in [7, 11) is 0. The zero-order chi connectivity index (χ0) is 11.1. The van der Waals surface area contributed by atoms with Crippen molar-refractivity contribution in [2.45, 2.75) is 26.7 Å². The number of hydrogen-bond acceptors (Lipinski definition) is 2. The second kappa shape index (κ2) is 7.01. The Kier molecular flexibility index (Phi) is 5.95. The fraction of sp³-hybridized carbons (Fsp3) is 0.909. The Morgan fingerprint density at radius 2 is 2.20 bits per heavy atom. The van der Waals surface area contributed by atoms with Gasteiger partial charge in [-0.15, -0.1) is 0 Å². The normalized spacial score (nSPS) is 23.6. The minimum absolute atomic E-state index is 0.783. The van der Waals surface area contributed by atoms with Gasteiger partial charge in [0, 0.05) is 26.3 Å². The molecule has 1 fully saturated rings. The Morgan fingerprint density at radius 3 is 2.80 bits per heavy atom. The summed E-state index contributed by atoms with van der Waals surface area (Å²) in [5, 5.41) is 7.21. The molecule has 4 heteroatoms. The average Bonchev–Trinajstić information content (AvgIpc) is 2.91. The van der Waals surface area contributed by atoms with Gasteiger partial charge in [-0.25, -0.2) is 0 Å². The molecular weight excluding hydrogens is 208 g/mol. The van der Waals surface area contributed by atoms with Crippen LogP contribution < -0.4 is 10.6 Å². The molecule has 2 N–H and O–H groups in total. The van der Waals surface area contributed by atoms with Crippen molar-refractivity contribution in [2.75, 3.05) is 26.3 Å². The van der Waals surface area contributed by atoms with Gasteiger partial charge in [-0.3, -0.25) is 0 Å². The number of thiocarbonyl (C=S) groups is 1. The third-order valence-corrected chi connectivity index (χ3v) is 3.04. The Morgan fingerprint density at radius 1 is 1.47 bits per heavy atom. The molecule has 1 rings (SSSR count). The van der Waals surface area contributed by atoms with E-state index in [0.29, 0.717) is 0 Å². The first-order valence-corrected chi connectivity index (χ1v) is 6.24. The average molecular weight is 230 g/mol. The van der Waals surface area contributed by atoms with Gasteiger partial charge in [-0.2, -0.15) is 0 Å². The first kappa shape index (κ1) is 12.7. The summed E-state index contributed by atoms with van der Waals surface area (Å²) in [5.74, 6) is 1.73. The molecule has 1 saturated carbocycles. The molecule has 0 aliphatic heterocycles. The largest absolute Gasteiger partial charge is 0.382 e. The van der Waals surface area contributed by atoms with E-state index in [9.17, 15) is 0 Å². The van der Waals surface area contributed by atoms with Gasteiger partial charge in [-0.1, -0.05) is 6.92 Å². The Bertz CT molecular complexity index is 199. The molecule has 0 radical (unpaired) electrons. The molecule has 0 aromatic heterocycles. The Hall–Kier alpha value is -0.350. The van der Waals surface area contributed by atoms with Crippen molar-refractivity contribution in [3.05, 3.63) is 0 Å². The molecule has 1 aliphatic rings. The maximum Gasteiger partial charge on any atom is 0.166 e. The van der Waals surface area contributed by atoms with E-state index in [-0.39, 0.29) is 0 Å². The zero-order valence-electron chi connectivity index (χ0n) is 9.71. The van der Waals surface area contributed by atoms with Gasteiger partial charge in [-0.05, 0) is 43.8 Å². The fourth-order valence-corrected chi connectivity index (χ4v) is 1.68. The highest BCUT2D eigenvalue weighted by Crippen LogP contribution is 2.36. The van der Waals surface area contributed by atoms with Crippen molar-refractivity contribution in [2.24, 2.45) is 11.8 Å². The summed E-state index contributed by atoms with van der Waals surface area (Å²) < 4.78 is 5.23. The Balaban J connectivity index is 1.85. The van der Waals surface area contributed by atoms with E-state index in [1.165, 1.54) is 6.42 Å². The van der Waals surface area contributed by atoms with E-state index in [4.69, 9.17) is 17.0 Å². The summed E-state index contributed by atoms with van der Waals surface area (Å²) >= 11 is 5.15. The second-order valence-electron chi connectivity index (χ2n) is 4.16. The van der Waals surface area contributed by atoms with Crippen LogP contribution in [0.15, 0.2) is 0 Å². The molecule has 1 aliphatic carbocycles. The number of hydrogen-bond donors (Lipinski definition) is 2. The molecule has 15 heavy (non-hydrogen) atoms. The topological polar surface area (TPSA) is 33.3 Å². The second-order valence-corrected chi connectivity index (χ2v) is 4.57. The van der Waals surface area contributed by atoms with Crippen LogP contribution in [0.25, 0.3) is 0 Å². The summed E-state index contributed by atoms with van der Waals surface area (Å²) in [4.78, 5) is 0. The number of rotatable bonds is 7. The van der Waals surface area contributed by atoms with E-state index < -0.39 is 0 Å². The molecule has 88 valence electrons. The summed E-state index contributed by atoms with van der Waals surface area (Å²) in [6.45, 7) is 7.82. The van der Waals surface area contributed by atoms with E-state index in [1.807, 2.05) is 6.92 Å². The first-order valence-electron chi connectivity index (χ1n) is 5.83. The lowest BCUT2D eigenvalue weighted by Crippen LogP contribution is -2.37. The van der Waals surface area contributed by atoms with Crippen LogP contribution in [0.3, 0.4) is 0 Å². The van der Waals surface area contributed by atoms with E-state index in [2.05, 4.69) is 17.6 Å². The van der Waals surface area contributed by atoms with Crippen molar-refractivity contribution in [3.63, 3.8) is 0 Å². The van der Waals surface area contributed by atoms with Crippen molar-refractivity contribution in [3.8, 4) is 0 Å². The maximum absolute atomic E-state index is 5.23. The molecular formula is C11H22N2OS. The van der Waals surface area contributed by atoms with Crippen LogP contribution in [0.1, 0.15) is 26.7 Å². The SMILES string of the molecule is CCOCCCNC(=S)NCC1CC1C. The maximum atomic E-state index is 5.23. The smallest absolute Gasteiger partial charge is 0.166 e. The van der Waals surface area contributed by atoms with Gasteiger partial charge in [0.05, 0.1) is 0 Å². The highest BCUT2D eigenvalue weighted by molar-refractivity contribution is 7.80. The van der Waals surface area contributed by atoms with Crippen LogP contribution in [-0.2, 0) is 4.74 Å². The van der Waals surface area contributed by atoms with E-state index in [0.717, 1.165) is 49.7 Å². The third-order valence-electron chi connectivity index (χ3n) is 2.76. The Labute approximate surface area is 98.0 Å². The monoisotopic (exact) mass is 230 g/mol. The third kappa shape index (κ3) is 5.95. The van der Waals surface area contributed by atoms with Crippen molar-refractivity contribution < 1.29 is 4.74 Å². The van der Waals surface area contributed by atoms with Crippen LogP contribution in [-0.4, -0.2) is 31.4 Å². The summed E-state index contributed by atoms with van der Waals surface area (Å²) in [6, 6.07) is 0.